The summed E-state index contributed by atoms with van der Waals surface area (Å²) in [5, 5.41) is 9.23. The molecule has 3 aromatic rings. The van der Waals surface area contributed by atoms with E-state index in [2.05, 4.69) is 13.7 Å². The van der Waals surface area contributed by atoms with E-state index in [0.29, 0.717) is 31.0 Å². The first-order valence-electron chi connectivity index (χ1n) is 8.16. The Hall–Kier alpha value is -2.92. The van der Waals surface area contributed by atoms with Crippen LogP contribution >= 0.6 is 11.7 Å². The van der Waals surface area contributed by atoms with Crippen molar-refractivity contribution in [3.05, 3.63) is 39.6 Å². The van der Waals surface area contributed by atoms with Gasteiger partial charge in [0.05, 0.1) is 22.8 Å². The number of pyridine rings is 2. The summed E-state index contributed by atoms with van der Waals surface area (Å²) in [6.07, 6.45) is 1.86. The Balaban J connectivity index is 2.04. The number of aromatic carboxylic acids is 1. The molecule has 4 heterocycles. The lowest BCUT2D eigenvalue weighted by Crippen LogP contribution is -2.28. The molecule has 3 N–H and O–H groups in total. The number of fused-ring (bicyclic) bond motifs is 1. The molecule has 0 radical (unpaired) electrons. The Morgan fingerprint density at radius 1 is 1.41 bits per heavy atom. The number of rotatable bonds is 3. The molecule has 4 rings (SSSR count). The third-order valence-corrected chi connectivity index (χ3v) is 5.13. The standard InChI is InChI=1S/C16H15FN6O3S/c1-7-13(21-27-20-7)23-6-10(16(25)26)12(24)9-4-11(17)15(19-14(9)23)22-3-2-8(18)5-22/h4,6,8H,2-3,5,18H2,1H3,(H,25,26)/t8-/m0/s1. The molecule has 3 aromatic heterocycles. The van der Waals surface area contributed by atoms with Crippen LogP contribution in [-0.4, -0.2) is 48.5 Å². The van der Waals surface area contributed by atoms with E-state index in [-0.39, 0.29) is 22.9 Å². The second-order valence-corrected chi connectivity index (χ2v) is 6.91. The smallest absolute Gasteiger partial charge is 0.341 e. The van der Waals surface area contributed by atoms with Gasteiger partial charge in [-0.15, -0.1) is 0 Å². The average molecular weight is 390 g/mol. The van der Waals surface area contributed by atoms with Crippen LogP contribution in [0.3, 0.4) is 0 Å². The summed E-state index contributed by atoms with van der Waals surface area (Å²) in [7, 11) is 0. The number of halogens is 1. The zero-order valence-electron chi connectivity index (χ0n) is 14.2. The second-order valence-electron chi connectivity index (χ2n) is 6.38. The van der Waals surface area contributed by atoms with Crippen LogP contribution in [0.5, 0.6) is 0 Å². The number of hydrogen-bond acceptors (Lipinski definition) is 8. The maximum atomic E-state index is 14.7. The predicted octanol–water partition coefficient (Wildman–Crippen LogP) is 0.920. The SMILES string of the molecule is Cc1nsnc1-n1cc(C(=O)O)c(=O)c2cc(F)c(N3CC[C@H](N)C3)nc21. The van der Waals surface area contributed by atoms with Crippen LogP contribution in [0.4, 0.5) is 10.2 Å². The summed E-state index contributed by atoms with van der Waals surface area (Å²) in [5.74, 6) is -1.69. The third kappa shape index (κ3) is 2.84. The van der Waals surface area contributed by atoms with Crippen molar-refractivity contribution in [1.82, 2.24) is 18.3 Å². The number of hydrogen-bond donors (Lipinski definition) is 2. The van der Waals surface area contributed by atoms with Gasteiger partial charge in [0.1, 0.15) is 5.56 Å². The molecule has 1 aliphatic heterocycles. The van der Waals surface area contributed by atoms with Crippen molar-refractivity contribution >= 4 is 34.5 Å². The highest BCUT2D eigenvalue weighted by Crippen LogP contribution is 2.26. The van der Waals surface area contributed by atoms with Gasteiger partial charge in [-0.05, 0) is 19.4 Å². The highest BCUT2D eigenvalue weighted by atomic mass is 32.1. The molecule has 0 saturated carbocycles. The van der Waals surface area contributed by atoms with Crippen LogP contribution < -0.4 is 16.1 Å². The van der Waals surface area contributed by atoms with Crippen molar-refractivity contribution in [1.29, 1.82) is 0 Å². The summed E-state index contributed by atoms with van der Waals surface area (Å²) >= 11 is 0.946. The van der Waals surface area contributed by atoms with Gasteiger partial charge >= 0.3 is 5.97 Å². The van der Waals surface area contributed by atoms with Gasteiger partial charge in [-0.3, -0.25) is 9.36 Å². The number of aryl methyl sites for hydroxylation is 1. The normalized spacial score (nSPS) is 17.0. The molecule has 9 nitrogen and oxygen atoms in total. The molecular formula is C16H15FN6O3S. The Morgan fingerprint density at radius 2 is 2.19 bits per heavy atom. The topological polar surface area (TPSA) is 127 Å². The molecule has 1 aliphatic rings. The van der Waals surface area contributed by atoms with Gasteiger partial charge in [0.15, 0.2) is 23.1 Å². The maximum absolute atomic E-state index is 14.7. The molecule has 0 aromatic carbocycles. The zero-order valence-corrected chi connectivity index (χ0v) is 15.0. The van der Waals surface area contributed by atoms with E-state index in [9.17, 15) is 19.1 Å². The number of carboxylic acid groups (broad SMARTS) is 1. The Kier molecular flexibility index (Phi) is 4.12. The van der Waals surface area contributed by atoms with Crippen molar-refractivity contribution in [3.63, 3.8) is 0 Å². The molecule has 0 spiro atoms. The number of aromatic nitrogens is 4. The fourth-order valence-corrected chi connectivity index (χ4v) is 3.72. The summed E-state index contributed by atoms with van der Waals surface area (Å²) in [6.45, 7) is 2.70. The molecule has 0 amide bonds. The van der Waals surface area contributed by atoms with Crippen LogP contribution in [0.25, 0.3) is 16.9 Å². The van der Waals surface area contributed by atoms with Crippen LogP contribution in [-0.2, 0) is 0 Å². The minimum Gasteiger partial charge on any atom is -0.477 e. The van der Waals surface area contributed by atoms with Crippen LogP contribution in [0, 0.1) is 12.7 Å². The van der Waals surface area contributed by atoms with Crippen molar-refractivity contribution in [3.8, 4) is 5.82 Å². The van der Waals surface area contributed by atoms with E-state index in [4.69, 9.17) is 5.73 Å². The van der Waals surface area contributed by atoms with Gasteiger partial charge in [-0.1, -0.05) is 0 Å². The van der Waals surface area contributed by atoms with E-state index in [1.807, 2.05) is 0 Å². The van der Waals surface area contributed by atoms with Gasteiger partial charge in [0.2, 0.25) is 5.43 Å². The van der Waals surface area contributed by atoms with Gasteiger partial charge < -0.3 is 15.7 Å². The lowest BCUT2D eigenvalue weighted by atomic mass is 10.2. The largest absolute Gasteiger partial charge is 0.477 e. The fourth-order valence-electron chi connectivity index (χ4n) is 3.18. The van der Waals surface area contributed by atoms with E-state index in [1.165, 1.54) is 4.57 Å². The molecule has 0 aliphatic carbocycles. The average Bonchev–Trinajstić information content (AvgIpc) is 3.23. The van der Waals surface area contributed by atoms with Gasteiger partial charge in [0.25, 0.3) is 0 Å². The summed E-state index contributed by atoms with van der Waals surface area (Å²) < 4.78 is 24.3. The van der Waals surface area contributed by atoms with Gasteiger partial charge in [0, 0.05) is 25.3 Å². The van der Waals surface area contributed by atoms with E-state index in [1.54, 1.807) is 11.8 Å². The highest BCUT2D eigenvalue weighted by Gasteiger charge is 2.26. The first kappa shape index (κ1) is 17.5. The lowest BCUT2D eigenvalue weighted by Gasteiger charge is -2.19. The number of carbonyl (C=O) groups is 1. The molecular weight excluding hydrogens is 375 g/mol. The lowest BCUT2D eigenvalue weighted by molar-refractivity contribution is 0.0695. The molecule has 11 heteroatoms. The van der Waals surface area contributed by atoms with Crippen molar-refractivity contribution < 1.29 is 14.3 Å². The maximum Gasteiger partial charge on any atom is 0.341 e. The molecule has 1 saturated heterocycles. The van der Waals surface area contributed by atoms with E-state index >= 15 is 0 Å². The van der Waals surface area contributed by atoms with Crippen molar-refractivity contribution in [2.75, 3.05) is 18.0 Å². The van der Waals surface area contributed by atoms with Gasteiger partial charge in [-0.2, -0.15) is 8.75 Å². The number of nitrogens with zero attached hydrogens (tertiary/aromatic N) is 5. The fraction of sp³-hybridized carbons (Fsp3) is 0.312. The Bertz CT molecular complexity index is 1130. The number of anilines is 1. The minimum absolute atomic E-state index is 0.0764. The highest BCUT2D eigenvalue weighted by molar-refractivity contribution is 6.99. The number of carboxylic acids is 1. The summed E-state index contributed by atoms with van der Waals surface area (Å²) in [6, 6.07) is 0.950. The second kappa shape index (κ2) is 6.35. The molecule has 0 bridgehead atoms. The monoisotopic (exact) mass is 390 g/mol. The summed E-state index contributed by atoms with van der Waals surface area (Å²) in [4.78, 5) is 30.1. The number of nitrogens with two attached hydrogens (primary N) is 1. The Morgan fingerprint density at radius 3 is 2.78 bits per heavy atom. The first-order valence-corrected chi connectivity index (χ1v) is 8.89. The zero-order chi connectivity index (χ0) is 19.3. The quantitative estimate of drug-likeness (QED) is 0.676. The molecule has 1 fully saturated rings. The third-order valence-electron chi connectivity index (χ3n) is 4.52. The minimum atomic E-state index is -1.41. The van der Waals surface area contributed by atoms with Gasteiger partial charge in [-0.25, -0.2) is 14.2 Å². The molecule has 0 unspecified atom stereocenters. The summed E-state index contributed by atoms with van der Waals surface area (Å²) in [5.41, 5.74) is 5.27. The predicted molar refractivity (Wildman–Crippen MR) is 97.3 cm³/mol. The van der Waals surface area contributed by atoms with Crippen LogP contribution in [0.2, 0.25) is 0 Å². The molecule has 1 atom stereocenters. The van der Waals surface area contributed by atoms with Crippen LogP contribution in [0.1, 0.15) is 22.5 Å². The van der Waals surface area contributed by atoms with Crippen LogP contribution in [0.15, 0.2) is 17.1 Å². The van der Waals surface area contributed by atoms with E-state index in [0.717, 1.165) is 24.0 Å². The Labute approximate surface area is 156 Å². The molecule has 27 heavy (non-hydrogen) atoms. The molecule has 140 valence electrons. The van der Waals surface area contributed by atoms with E-state index < -0.39 is 22.8 Å². The van der Waals surface area contributed by atoms with Crippen molar-refractivity contribution in [2.24, 2.45) is 5.73 Å². The first-order chi connectivity index (χ1) is 12.9. The van der Waals surface area contributed by atoms with Crippen molar-refractivity contribution in [2.45, 2.75) is 19.4 Å².